The lowest BCUT2D eigenvalue weighted by Crippen LogP contribution is -2.11. The van der Waals surface area contributed by atoms with E-state index in [1.54, 1.807) is 0 Å². The van der Waals surface area contributed by atoms with Gasteiger partial charge in [0.05, 0.1) is 5.69 Å². The second-order valence-electron chi connectivity index (χ2n) is 15.7. The SMILES string of the molecule is c1ccc(-c2ccc(N(c3ccc(-c4cccc5oc6ccccc6c45)cc3)c3ccc(-c4ccc(-c5ccccc5)cc4-c4ccccc4)cc3-c3ccccc3)cc2)cc1. The number of hydrogen-bond acceptors (Lipinski definition) is 2. The normalized spacial score (nSPS) is 11.2. The number of nitrogens with zero attached hydrogens (tertiary/aromatic N) is 1. The lowest BCUT2D eigenvalue weighted by atomic mass is 9.89. The molecule has 1 heterocycles. The third-order valence-corrected chi connectivity index (χ3v) is 11.9. The number of hydrogen-bond donors (Lipinski definition) is 0. The molecular weight excluding hydrogens is 751 g/mol. The molecule has 0 spiro atoms. The fourth-order valence-corrected chi connectivity index (χ4v) is 8.88. The van der Waals surface area contributed by atoms with Crippen LogP contribution >= 0.6 is 0 Å². The van der Waals surface area contributed by atoms with Gasteiger partial charge in [-0.2, -0.15) is 0 Å². The molecule has 2 nitrogen and oxygen atoms in total. The van der Waals surface area contributed by atoms with Gasteiger partial charge in [-0.25, -0.2) is 0 Å². The van der Waals surface area contributed by atoms with Crippen molar-refractivity contribution < 1.29 is 4.42 Å². The number of furan rings is 1. The first-order valence-electron chi connectivity index (χ1n) is 21.2. The van der Waals surface area contributed by atoms with Crippen molar-refractivity contribution in [3.63, 3.8) is 0 Å². The number of rotatable bonds is 9. The van der Waals surface area contributed by atoms with Gasteiger partial charge in [-0.3, -0.25) is 0 Å². The van der Waals surface area contributed by atoms with E-state index in [1.165, 1.54) is 38.9 Å². The minimum Gasteiger partial charge on any atom is -0.456 e. The predicted molar refractivity (Wildman–Crippen MR) is 261 cm³/mol. The molecule has 0 atom stereocenters. The summed E-state index contributed by atoms with van der Waals surface area (Å²) in [5.74, 6) is 0. The summed E-state index contributed by atoms with van der Waals surface area (Å²) in [6, 6.07) is 89.2. The molecule has 292 valence electrons. The van der Waals surface area contributed by atoms with E-state index in [-0.39, 0.29) is 0 Å². The van der Waals surface area contributed by atoms with Crippen molar-refractivity contribution in [2.75, 3.05) is 4.90 Å². The number of anilines is 3. The molecule has 11 aromatic rings. The van der Waals surface area contributed by atoms with Crippen LogP contribution in [0.5, 0.6) is 0 Å². The van der Waals surface area contributed by atoms with Gasteiger partial charge >= 0.3 is 0 Å². The van der Waals surface area contributed by atoms with E-state index in [2.05, 4.69) is 241 Å². The summed E-state index contributed by atoms with van der Waals surface area (Å²) in [7, 11) is 0. The second-order valence-corrected chi connectivity index (χ2v) is 15.7. The van der Waals surface area contributed by atoms with Crippen LogP contribution in [0.15, 0.2) is 253 Å². The Hall–Kier alpha value is -8.20. The molecule has 0 saturated heterocycles. The van der Waals surface area contributed by atoms with Gasteiger partial charge in [-0.1, -0.05) is 194 Å². The highest BCUT2D eigenvalue weighted by Crippen LogP contribution is 2.46. The lowest BCUT2D eigenvalue weighted by molar-refractivity contribution is 0.669. The lowest BCUT2D eigenvalue weighted by Gasteiger charge is -2.29. The first-order valence-corrected chi connectivity index (χ1v) is 21.2. The molecule has 0 aliphatic carbocycles. The molecule has 62 heavy (non-hydrogen) atoms. The van der Waals surface area contributed by atoms with E-state index in [4.69, 9.17) is 4.42 Å². The van der Waals surface area contributed by atoms with Crippen LogP contribution < -0.4 is 4.90 Å². The summed E-state index contributed by atoms with van der Waals surface area (Å²) in [6.07, 6.45) is 0. The minimum absolute atomic E-state index is 0.894. The van der Waals surface area contributed by atoms with Crippen LogP contribution in [0.4, 0.5) is 17.1 Å². The Labute approximate surface area is 362 Å². The van der Waals surface area contributed by atoms with Crippen LogP contribution in [0, 0.1) is 0 Å². The van der Waals surface area contributed by atoms with Crippen molar-refractivity contribution in [2.45, 2.75) is 0 Å². The van der Waals surface area contributed by atoms with Crippen LogP contribution in [-0.2, 0) is 0 Å². The van der Waals surface area contributed by atoms with E-state index in [0.717, 1.165) is 66.8 Å². The third kappa shape index (κ3) is 6.94. The van der Waals surface area contributed by atoms with Crippen molar-refractivity contribution >= 4 is 39.0 Å². The van der Waals surface area contributed by atoms with Gasteiger partial charge in [0.1, 0.15) is 11.2 Å². The van der Waals surface area contributed by atoms with E-state index in [9.17, 15) is 0 Å². The maximum absolute atomic E-state index is 6.28. The maximum atomic E-state index is 6.28. The van der Waals surface area contributed by atoms with E-state index in [1.807, 2.05) is 12.1 Å². The topological polar surface area (TPSA) is 16.4 Å². The van der Waals surface area contributed by atoms with Gasteiger partial charge in [0.15, 0.2) is 0 Å². The molecule has 0 aliphatic heterocycles. The van der Waals surface area contributed by atoms with Crippen molar-refractivity contribution in [1.29, 1.82) is 0 Å². The van der Waals surface area contributed by atoms with Crippen molar-refractivity contribution in [3.8, 4) is 66.8 Å². The average Bonchev–Trinajstić information content (AvgIpc) is 3.75. The van der Waals surface area contributed by atoms with Crippen LogP contribution in [0.2, 0.25) is 0 Å². The molecule has 11 rings (SSSR count). The summed E-state index contributed by atoms with van der Waals surface area (Å²) < 4.78 is 6.28. The summed E-state index contributed by atoms with van der Waals surface area (Å²) in [5, 5.41) is 2.26. The number of para-hydroxylation sites is 1. The molecule has 0 saturated carbocycles. The van der Waals surface area contributed by atoms with E-state index >= 15 is 0 Å². The molecule has 0 fully saturated rings. The van der Waals surface area contributed by atoms with Crippen LogP contribution in [0.25, 0.3) is 88.7 Å². The van der Waals surface area contributed by atoms with Gasteiger partial charge in [0.2, 0.25) is 0 Å². The molecule has 0 N–H and O–H groups in total. The summed E-state index contributed by atoms with van der Waals surface area (Å²) in [4.78, 5) is 2.40. The van der Waals surface area contributed by atoms with Crippen LogP contribution in [0.1, 0.15) is 0 Å². The smallest absolute Gasteiger partial charge is 0.136 e. The molecule has 10 aromatic carbocycles. The van der Waals surface area contributed by atoms with E-state index in [0.29, 0.717) is 0 Å². The average molecular weight is 792 g/mol. The fourth-order valence-electron chi connectivity index (χ4n) is 8.88. The summed E-state index contributed by atoms with van der Waals surface area (Å²) >= 11 is 0. The summed E-state index contributed by atoms with van der Waals surface area (Å²) in [6.45, 7) is 0. The van der Waals surface area contributed by atoms with Gasteiger partial charge in [0.25, 0.3) is 0 Å². The Morgan fingerprint density at radius 1 is 0.258 bits per heavy atom. The molecular formula is C60H41NO. The largest absolute Gasteiger partial charge is 0.456 e. The number of fused-ring (bicyclic) bond motifs is 3. The van der Waals surface area contributed by atoms with Crippen molar-refractivity contribution in [3.05, 3.63) is 249 Å². The number of benzene rings is 10. The van der Waals surface area contributed by atoms with Gasteiger partial charge in [0, 0.05) is 27.7 Å². The maximum Gasteiger partial charge on any atom is 0.136 e. The zero-order valence-corrected chi connectivity index (χ0v) is 34.0. The Bertz CT molecular complexity index is 3300. The first kappa shape index (κ1) is 36.8. The minimum atomic E-state index is 0.894. The monoisotopic (exact) mass is 791 g/mol. The Kier molecular flexibility index (Phi) is 9.57. The highest BCUT2D eigenvalue weighted by atomic mass is 16.3. The standard InChI is InChI=1S/C60H41NO/c1-5-16-42(17-6-1)44-28-34-50(35-29-44)61(51-36-30-47(31-37-51)53-25-15-27-59-60(53)54-24-13-14-26-58(54)62-59)57-39-33-49(41-56(57)46-22-11-4-12-23-46)52-38-32-48(43-18-7-2-8-19-43)40-55(52)45-20-9-3-10-21-45/h1-41H. The quantitative estimate of drug-likeness (QED) is 0.145. The van der Waals surface area contributed by atoms with Crippen molar-refractivity contribution in [2.24, 2.45) is 0 Å². The first-order chi connectivity index (χ1) is 30.7. The molecule has 1 aromatic heterocycles. The highest BCUT2D eigenvalue weighted by molar-refractivity contribution is 6.12. The van der Waals surface area contributed by atoms with Crippen LogP contribution in [0.3, 0.4) is 0 Å². The third-order valence-electron chi connectivity index (χ3n) is 11.9. The van der Waals surface area contributed by atoms with Gasteiger partial charge < -0.3 is 9.32 Å². The Morgan fingerprint density at radius 3 is 1.35 bits per heavy atom. The summed E-state index contributed by atoms with van der Waals surface area (Å²) in [5.41, 5.74) is 19.1. The van der Waals surface area contributed by atoms with Crippen molar-refractivity contribution in [1.82, 2.24) is 0 Å². The second kappa shape index (κ2) is 16.1. The fraction of sp³-hybridized carbons (Fsp3) is 0. The molecule has 0 amide bonds. The predicted octanol–water partition coefficient (Wildman–Crippen LogP) is 17.1. The zero-order valence-electron chi connectivity index (χ0n) is 34.0. The highest BCUT2D eigenvalue weighted by Gasteiger charge is 2.21. The van der Waals surface area contributed by atoms with Gasteiger partial charge in [-0.15, -0.1) is 0 Å². The molecule has 0 radical (unpaired) electrons. The molecule has 0 unspecified atom stereocenters. The van der Waals surface area contributed by atoms with Crippen LogP contribution in [-0.4, -0.2) is 0 Å². The van der Waals surface area contributed by atoms with E-state index < -0.39 is 0 Å². The molecule has 2 heteroatoms. The Balaban J connectivity index is 1.08. The molecule has 0 bridgehead atoms. The Morgan fingerprint density at radius 2 is 0.710 bits per heavy atom. The van der Waals surface area contributed by atoms with Gasteiger partial charge in [-0.05, 0) is 116 Å². The molecule has 0 aliphatic rings. The zero-order chi connectivity index (χ0) is 41.2.